The molecular weight excluding hydrogens is 300 g/mol. The lowest BCUT2D eigenvalue weighted by Crippen LogP contribution is -2.39. The predicted octanol–water partition coefficient (Wildman–Crippen LogP) is 3.25. The molecule has 1 fully saturated rings. The first-order chi connectivity index (χ1) is 11.5. The number of aliphatic hydroxyl groups is 1. The summed E-state index contributed by atoms with van der Waals surface area (Å²) >= 11 is 0. The highest BCUT2D eigenvalue weighted by atomic mass is 16.3. The predicted molar refractivity (Wildman–Crippen MR) is 95.7 cm³/mol. The van der Waals surface area contributed by atoms with Crippen LogP contribution in [0.4, 0.5) is 0 Å². The molecule has 4 nitrogen and oxygen atoms in total. The van der Waals surface area contributed by atoms with E-state index in [4.69, 9.17) is 0 Å². The van der Waals surface area contributed by atoms with Crippen LogP contribution < -0.4 is 0 Å². The van der Waals surface area contributed by atoms with Gasteiger partial charge in [-0.15, -0.1) is 0 Å². The molecule has 0 bridgehead atoms. The molecule has 1 saturated heterocycles. The zero-order valence-corrected chi connectivity index (χ0v) is 14.7. The summed E-state index contributed by atoms with van der Waals surface area (Å²) in [5.41, 5.74) is 5.07. The van der Waals surface area contributed by atoms with E-state index in [1.165, 1.54) is 0 Å². The van der Waals surface area contributed by atoms with E-state index < -0.39 is 0 Å². The third kappa shape index (κ3) is 3.11. The van der Waals surface area contributed by atoms with Gasteiger partial charge in [-0.25, -0.2) is 0 Å². The number of carbonyl (C=O) groups is 1. The lowest BCUT2D eigenvalue weighted by Gasteiger charge is -2.32. The molecule has 3 rings (SSSR count). The van der Waals surface area contributed by atoms with E-state index in [1.54, 1.807) is 0 Å². The molecule has 1 aromatic heterocycles. The molecule has 0 spiro atoms. The van der Waals surface area contributed by atoms with Crippen molar-refractivity contribution in [3.63, 3.8) is 0 Å². The summed E-state index contributed by atoms with van der Waals surface area (Å²) in [7, 11) is 0. The zero-order chi connectivity index (χ0) is 17.3. The minimum atomic E-state index is 0.0950. The quantitative estimate of drug-likeness (QED) is 0.941. The highest BCUT2D eigenvalue weighted by Gasteiger charge is 2.25. The average molecular weight is 326 g/mol. The van der Waals surface area contributed by atoms with Gasteiger partial charge < -0.3 is 14.6 Å². The van der Waals surface area contributed by atoms with Gasteiger partial charge in [0.25, 0.3) is 5.91 Å². The Morgan fingerprint density at radius 3 is 2.29 bits per heavy atom. The Balaban J connectivity index is 1.96. The Labute approximate surface area is 143 Å². The van der Waals surface area contributed by atoms with E-state index in [1.807, 2.05) is 24.0 Å². The molecule has 0 radical (unpaired) electrons. The first-order valence-electron chi connectivity index (χ1n) is 8.67. The second-order valence-corrected chi connectivity index (χ2v) is 6.89. The molecule has 0 saturated carbocycles. The number of hydrogen-bond acceptors (Lipinski definition) is 2. The maximum absolute atomic E-state index is 13.1. The monoisotopic (exact) mass is 326 g/mol. The molecule has 1 N–H and O–H groups in total. The molecule has 128 valence electrons. The van der Waals surface area contributed by atoms with Gasteiger partial charge in [-0.05, 0) is 63.8 Å². The smallest absolute Gasteiger partial charge is 0.255 e. The number of benzene rings is 1. The highest BCUT2D eigenvalue weighted by molar-refractivity contribution is 5.98. The Kier molecular flexibility index (Phi) is 4.76. The van der Waals surface area contributed by atoms with E-state index in [2.05, 4.69) is 36.6 Å². The third-order valence-corrected chi connectivity index (χ3v) is 5.05. The molecule has 1 amide bonds. The number of aryl methyl sites for hydroxylation is 3. The van der Waals surface area contributed by atoms with Gasteiger partial charge in [-0.3, -0.25) is 4.79 Å². The van der Waals surface area contributed by atoms with Crippen molar-refractivity contribution in [2.24, 2.45) is 5.92 Å². The second-order valence-electron chi connectivity index (χ2n) is 6.89. The van der Waals surface area contributed by atoms with E-state index in [0.29, 0.717) is 5.92 Å². The van der Waals surface area contributed by atoms with Crippen LogP contribution in [-0.4, -0.2) is 40.2 Å². The molecule has 0 aliphatic carbocycles. The van der Waals surface area contributed by atoms with Gasteiger partial charge >= 0.3 is 0 Å². The van der Waals surface area contributed by atoms with Crippen LogP contribution in [0.15, 0.2) is 30.3 Å². The minimum Gasteiger partial charge on any atom is -0.396 e. The van der Waals surface area contributed by atoms with Crippen molar-refractivity contribution < 1.29 is 9.90 Å². The molecular formula is C20H26N2O2. The fraction of sp³-hybridized carbons (Fsp3) is 0.450. The van der Waals surface area contributed by atoms with Gasteiger partial charge in [0.1, 0.15) is 0 Å². The van der Waals surface area contributed by atoms with Crippen LogP contribution in [0.25, 0.3) is 5.69 Å². The lowest BCUT2D eigenvalue weighted by molar-refractivity contribution is 0.0651. The van der Waals surface area contributed by atoms with Crippen LogP contribution in [-0.2, 0) is 0 Å². The molecule has 0 atom stereocenters. The summed E-state index contributed by atoms with van der Waals surface area (Å²) in [5, 5.41) is 9.29. The zero-order valence-electron chi connectivity index (χ0n) is 14.7. The summed E-state index contributed by atoms with van der Waals surface area (Å²) in [6, 6.07) is 10.3. The number of hydrogen-bond donors (Lipinski definition) is 1. The van der Waals surface area contributed by atoms with E-state index in [9.17, 15) is 9.90 Å². The van der Waals surface area contributed by atoms with Crippen LogP contribution >= 0.6 is 0 Å². The first kappa shape index (κ1) is 16.8. The third-order valence-electron chi connectivity index (χ3n) is 5.05. The van der Waals surface area contributed by atoms with Crippen LogP contribution in [0.1, 0.15) is 40.2 Å². The molecule has 1 aliphatic heterocycles. The summed E-state index contributed by atoms with van der Waals surface area (Å²) in [4.78, 5) is 15.1. The van der Waals surface area contributed by atoms with Gasteiger partial charge in [0.15, 0.2) is 0 Å². The van der Waals surface area contributed by atoms with E-state index in [-0.39, 0.29) is 12.5 Å². The van der Waals surface area contributed by atoms with Crippen molar-refractivity contribution in [3.05, 3.63) is 52.8 Å². The van der Waals surface area contributed by atoms with Crippen LogP contribution in [0, 0.1) is 26.7 Å². The van der Waals surface area contributed by atoms with Crippen molar-refractivity contribution in [2.75, 3.05) is 19.7 Å². The number of aliphatic hydroxyl groups excluding tert-OH is 1. The number of likely N-dealkylation sites (tertiary alicyclic amines) is 1. The molecule has 1 aliphatic rings. The van der Waals surface area contributed by atoms with Crippen molar-refractivity contribution in [3.8, 4) is 5.69 Å². The number of nitrogens with zero attached hydrogens (tertiary/aromatic N) is 2. The van der Waals surface area contributed by atoms with Crippen molar-refractivity contribution in [1.29, 1.82) is 0 Å². The number of carbonyl (C=O) groups excluding carboxylic acids is 1. The summed E-state index contributed by atoms with van der Waals surface area (Å²) in [5.74, 6) is 0.428. The fourth-order valence-electron chi connectivity index (χ4n) is 3.55. The van der Waals surface area contributed by atoms with Gasteiger partial charge in [0.2, 0.25) is 0 Å². The SMILES string of the molecule is Cc1ccc(-n2c(C)ccc2C)c(C(=O)N2CCC(CO)CC2)c1. The summed E-state index contributed by atoms with van der Waals surface area (Å²) in [6.07, 6.45) is 1.76. The second kappa shape index (κ2) is 6.81. The Hall–Kier alpha value is -2.07. The van der Waals surface area contributed by atoms with Crippen molar-refractivity contribution in [1.82, 2.24) is 9.47 Å². The average Bonchev–Trinajstić information content (AvgIpc) is 2.93. The van der Waals surface area contributed by atoms with E-state index >= 15 is 0 Å². The molecule has 4 heteroatoms. The maximum Gasteiger partial charge on any atom is 0.255 e. The summed E-state index contributed by atoms with van der Waals surface area (Å²) < 4.78 is 2.15. The van der Waals surface area contributed by atoms with Gasteiger partial charge in [0, 0.05) is 31.1 Å². The topological polar surface area (TPSA) is 45.5 Å². The first-order valence-corrected chi connectivity index (χ1v) is 8.67. The van der Waals surface area contributed by atoms with Crippen molar-refractivity contribution in [2.45, 2.75) is 33.6 Å². The molecule has 2 aromatic rings. The molecule has 2 heterocycles. The molecule has 0 unspecified atom stereocenters. The van der Waals surface area contributed by atoms with Crippen molar-refractivity contribution >= 4 is 5.91 Å². The fourth-order valence-corrected chi connectivity index (χ4v) is 3.55. The minimum absolute atomic E-state index is 0.0950. The lowest BCUT2D eigenvalue weighted by atomic mass is 9.97. The Morgan fingerprint density at radius 1 is 1.08 bits per heavy atom. The number of rotatable bonds is 3. The van der Waals surface area contributed by atoms with Crippen LogP contribution in [0.5, 0.6) is 0 Å². The highest BCUT2D eigenvalue weighted by Crippen LogP contribution is 2.25. The standard InChI is InChI=1S/C20H26N2O2/c1-14-4-7-19(22-15(2)5-6-16(22)3)18(12-14)20(24)21-10-8-17(13-23)9-11-21/h4-7,12,17,23H,8-11,13H2,1-3H3. The van der Waals surface area contributed by atoms with Crippen LogP contribution in [0.2, 0.25) is 0 Å². The van der Waals surface area contributed by atoms with Crippen LogP contribution in [0.3, 0.4) is 0 Å². The van der Waals surface area contributed by atoms with Gasteiger partial charge in [-0.2, -0.15) is 0 Å². The Morgan fingerprint density at radius 2 is 1.71 bits per heavy atom. The number of piperidine rings is 1. The van der Waals surface area contributed by atoms with E-state index in [0.717, 1.165) is 54.1 Å². The maximum atomic E-state index is 13.1. The summed E-state index contributed by atoms with van der Waals surface area (Å²) in [6.45, 7) is 7.82. The largest absolute Gasteiger partial charge is 0.396 e. The normalized spacial score (nSPS) is 15.8. The molecule has 24 heavy (non-hydrogen) atoms. The van der Waals surface area contributed by atoms with Gasteiger partial charge in [0.05, 0.1) is 11.3 Å². The number of aromatic nitrogens is 1. The Bertz CT molecular complexity index is 721. The molecule has 1 aromatic carbocycles. The van der Waals surface area contributed by atoms with Gasteiger partial charge in [-0.1, -0.05) is 11.6 Å². The number of amides is 1.